The molecule has 0 aliphatic carbocycles. The Bertz CT molecular complexity index is 932. The zero-order chi connectivity index (χ0) is 20.4. The Morgan fingerprint density at radius 3 is 2.14 bits per heavy atom. The van der Waals surface area contributed by atoms with Gasteiger partial charge in [-0.2, -0.15) is 0 Å². The number of amides is 3. The molecule has 1 heterocycles. The van der Waals surface area contributed by atoms with Crippen LogP contribution < -0.4 is 5.32 Å². The minimum Gasteiger partial charge on any atom is -0.478 e. The molecule has 0 aromatic heterocycles. The van der Waals surface area contributed by atoms with E-state index in [0.717, 1.165) is 4.90 Å². The summed E-state index contributed by atoms with van der Waals surface area (Å²) in [6.07, 6.45) is 0. The number of hydrogen-bond donors (Lipinski definition) is 2. The van der Waals surface area contributed by atoms with Crippen molar-refractivity contribution in [3.63, 3.8) is 0 Å². The minimum atomic E-state index is -1.06. The third-order valence-corrected chi connectivity index (χ3v) is 4.64. The molecule has 2 N–H and O–H groups in total. The molecule has 1 atom stereocenters. The van der Waals surface area contributed by atoms with Crippen LogP contribution in [0.15, 0.2) is 48.5 Å². The zero-order valence-corrected chi connectivity index (χ0v) is 15.5. The van der Waals surface area contributed by atoms with Gasteiger partial charge in [0.2, 0.25) is 5.91 Å². The number of hydrogen-bond acceptors (Lipinski definition) is 4. The molecule has 0 saturated carbocycles. The highest BCUT2D eigenvalue weighted by molar-refractivity contribution is 6.22. The summed E-state index contributed by atoms with van der Waals surface area (Å²) < 4.78 is 0. The molecule has 0 fully saturated rings. The lowest BCUT2D eigenvalue weighted by atomic mass is 10.0. The molecule has 3 amide bonds. The molecule has 7 nitrogen and oxygen atoms in total. The largest absolute Gasteiger partial charge is 0.478 e. The first-order chi connectivity index (χ1) is 13.3. The number of benzene rings is 2. The first-order valence-corrected chi connectivity index (χ1v) is 8.88. The third kappa shape index (κ3) is 3.51. The van der Waals surface area contributed by atoms with Crippen LogP contribution in [0.3, 0.4) is 0 Å². The molecule has 28 heavy (non-hydrogen) atoms. The molecule has 3 rings (SSSR count). The van der Waals surface area contributed by atoms with Crippen molar-refractivity contribution in [1.82, 2.24) is 10.2 Å². The van der Waals surface area contributed by atoms with Crippen LogP contribution >= 0.6 is 0 Å². The molecular formula is C21H20N2O5. The first kappa shape index (κ1) is 19.3. The SMILES string of the molecule is CC(C)C(C(=O)NCc1cccc(C(=O)O)c1)N1C(=O)c2ccccc2C1=O. The summed E-state index contributed by atoms with van der Waals surface area (Å²) in [6.45, 7) is 3.62. The molecule has 0 spiro atoms. The van der Waals surface area contributed by atoms with Crippen molar-refractivity contribution in [3.8, 4) is 0 Å². The van der Waals surface area contributed by atoms with Crippen LogP contribution in [-0.2, 0) is 11.3 Å². The van der Waals surface area contributed by atoms with Gasteiger partial charge in [0, 0.05) is 6.54 Å². The van der Waals surface area contributed by atoms with E-state index in [1.807, 2.05) is 0 Å². The molecule has 2 aromatic rings. The summed E-state index contributed by atoms with van der Waals surface area (Å²) >= 11 is 0. The van der Waals surface area contributed by atoms with Crippen molar-refractivity contribution < 1.29 is 24.3 Å². The van der Waals surface area contributed by atoms with Crippen LogP contribution in [0.5, 0.6) is 0 Å². The van der Waals surface area contributed by atoms with E-state index in [0.29, 0.717) is 16.7 Å². The van der Waals surface area contributed by atoms with Crippen LogP contribution in [0, 0.1) is 5.92 Å². The Labute approximate surface area is 162 Å². The van der Waals surface area contributed by atoms with E-state index in [1.54, 1.807) is 50.2 Å². The van der Waals surface area contributed by atoms with Gasteiger partial charge >= 0.3 is 5.97 Å². The normalized spacial score (nSPS) is 14.2. The van der Waals surface area contributed by atoms with Crippen molar-refractivity contribution in [2.24, 2.45) is 5.92 Å². The molecular weight excluding hydrogens is 360 g/mol. The van der Waals surface area contributed by atoms with Gasteiger partial charge in [-0.25, -0.2) is 4.79 Å². The summed E-state index contributed by atoms with van der Waals surface area (Å²) in [5, 5.41) is 11.8. The van der Waals surface area contributed by atoms with Gasteiger partial charge in [-0.15, -0.1) is 0 Å². The number of carboxylic acid groups (broad SMARTS) is 1. The maximum absolute atomic E-state index is 12.8. The van der Waals surface area contributed by atoms with E-state index in [2.05, 4.69) is 5.32 Å². The van der Waals surface area contributed by atoms with E-state index < -0.39 is 29.7 Å². The average Bonchev–Trinajstić information content (AvgIpc) is 2.92. The number of nitrogens with zero attached hydrogens (tertiary/aromatic N) is 1. The number of nitrogens with one attached hydrogen (secondary N) is 1. The van der Waals surface area contributed by atoms with E-state index in [9.17, 15) is 19.2 Å². The Kier molecular flexibility index (Phi) is 5.26. The van der Waals surface area contributed by atoms with Crippen molar-refractivity contribution >= 4 is 23.7 Å². The van der Waals surface area contributed by atoms with Gasteiger partial charge in [0.05, 0.1) is 16.7 Å². The quantitative estimate of drug-likeness (QED) is 0.749. The predicted octanol–water partition coefficient (Wildman–Crippen LogP) is 2.32. The lowest BCUT2D eigenvalue weighted by Gasteiger charge is -2.28. The highest BCUT2D eigenvalue weighted by Gasteiger charge is 2.43. The number of imide groups is 1. The Morgan fingerprint density at radius 2 is 1.61 bits per heavy atom. The summed E-state index contributed by atoms with van der Waals surface area (Å²) in [6, 6.07) is 11.7. The van der Waals surface area contributed by atoms with E-state index >= 15 is 0 Å². The molecule has 1 aliphatic rings. The summed E-state index contributed by atoms with van der Waals surface area (Å²) in [4.78, 5) is 50.3. The number of fused-ring (bicyclic) bond motifs is 1. The third-order valence-electron chi connectivity index (χ3n) is 4.64. The maximum Gasteiger partial charge on any atom is 0.335 e. The van der Waals surface area contributed by atoms with Gasteiger partial charge in [-0.3, -0.25) is 19.3 Å². The lowest BCUT2D eigenvalue weighted by molar-refractivity contribution is -0.126. The second-order valence-electron chi connectivity index (χ2n) is 6.94. The van der Waals surface area contributed by atoms with Gasteiger partial charge in [-0.05, 0) is 35.7 Å². The molecule has 1 unspecified atom stereocenters. The van der Waals surface area contributed by atoms with Crippen LogP contribution in [0.4, 0.5) is 0 Å². The molecule has 144 valence electrons. The first-order valence-electron chi connectivity index (χ1n) is 8.88. The van der Waals surface area contributed by atoms with Crippen LogP contribution in [0.1, 0.15) is 50.5 Å². The molecule has 7 heteroatoms. The van der Waals surface area contributed by atoms with Crippen molar-refractivity contribution in [1.29, 1.82) is 0 Å². The van der Waals surface area contributed by atoms with Crippen LogP contribution in [-0.4, -0.2) is 39.7 Å². The molecule has 1 aliphatic heterocycles. The topological polar surface area (TPSA) is 104 Å². The smallest absolute Gasteiger partial charge is 0.335 e. The highest BCUT2D eigenvalue weighted by Crippen LogP contribution is 2.27. The zero-order valence-electron chi connectivity index (χ0n) is 15.5. The van der Waals surface area contributed by atoms with Crippen molar-refractivity contribution in [3.05, 3.63) is 70.8 Å². The lowest BCUT2D eigenvalue weighted by Crippen LogP contribution is -2.52. The fraction of sp³-hybridized carbons (Fsp3) is 0.238. The summed E-state index contributed by atoms with van der Waals surface area (Å²) in [7, 11) is 0. The fourth-order valence-corrected chi connectivity index (χ4v) is 3.29. The monoisotopic (exact) mass is 380 g/mol. The van der Waals surface area contributed by atoms with Crippen LogP contribution in [0.2, 0.25) is 0 Å². The molecule has 2 aromatic carbocycles. The summed E-state index contributed by atoms with van der Waals surface area (Å²) in [5.74, 6) is -2.79. The van der Waals surface area contributed by atoms with Crippen molar-refractivity contribution in [2.45, 2.75) is 26.4 Å². The number of aromatic carboxylic acids is 1. The van der Waals surface area contributed by atoms with Gasteiger partial charge in [-0.1, -0.05) is 38.1 Å². The van der Waals surface area contributed by atoms with E-state index in [-0.39, 0.29) is 18.0 Å². The number of rotatable bonds is 6. The standard InChI is InChI=1S/C21H20N2O5/c1-12(2)17(23-19(25)15-8-3-4-9-16(15)20(23)26)18(24)22-11-13-6-5-7-14(10-13)21(27)28/h3-10,12,17H,11H2,1-2H3,(H,22,24)(H,27,28). The van der Waals surface area contributed by atoms with Crippen LogP contribution in [0.25, 0.3) is 0 Å². The van der Waals surface area contributed by atoms with Crippen molar-refractivity contribution in [2.75, 3.05) is 0 Å². The Hall–Kier alpha value is -3.48. The number of carbonyl (C=O) groups is 4. The van der Waals surface area contributed by atoms with Gasteiger partial charge in [0.25, 0.3) is 11.8 Å². The fourth-order valence-electron chi connectivity index (χ4n) is 3.29. The molecule has 0 radical (unpaired) electrons. The van der Waals surface area contributed by atoms with Gasteiger partial charge < -0.3 is 10.4 Å². The second-order valence-corrected chi connectivity index (χ2v) is 6.94. The minimum absolute atomic E-state index is 0.0896. The average molecular weight is 380 g/mol. The highest BCUT2D eigenvalue weighted by atomic mass is 16.4. The van der Waals surface area contributed by atoms with E-state index in [4.69, 9.17) is 5.11 Å². The van der Waals surface area contributed by atoms with Gasteiger partial charge in [0.1, 0.15) is 6.04 Å². The Morgan fingerprint density at radius 1 is 1.00 bits per heavy atom. The van der Waals surface area contributed by atoms with E-state index in [1.165, 1.54) is 12.1 Å². The molecule has 0 bridgehead atoms. The summed E-state index contributed by atoms with van der Waals surface area (Å²) in [5.41, 5.74) is 1.31. The second kappa shape index (κ2) is 7.64. The number of carboxylic acids is 1. The van der Waals surface area contributed by atoms with Gasteiger partial charge in [0.15, 0.2) is 0 Å². The molecule has 0 saturated heterocycles. The Balaban J connectivity index is 1.79. The maximum atomic E-state index is 12.8. The predicted molar refractivity (Wildman–Crippen MR) is 101 cm³/mol. The number of carbonyl (C=O) groups excluding carboxylic acids is 3.